The van der Waals surface area contributed by atoms with Crippen LogP contribution in [0.4, 0.5) is 8.78 Å². The number of nitrogens with zero attached hydrogens (tertiary/aromatic N) is 3. The summed E-state index contributed by atoms with van der Waals surface area (Å²) in [5.74, 6) is 0.407. The largest absolute Gasteiger partial charge is 0.481 e. The second-order valence-electron chi connectivity index (χ2n) is 14.5. The van der Waals surface area contributed by atoms with Gasteiger partial charge in [-0.05, 0) is 92.1 Å². The van der Waals surface area contributed by atoms with E-state index in [0.717, 1.165) is 77.2 Å². The predicted molar refractivity (Wildman–Crippen MR) is 195 cm³/mol. The van der Waals surface area contributed by atoms with Crippen molar-refractivity contribution >= 4 is 17.1 Å². The van der Waals surface area contributed by atoms with Gasteiger partial charge in [-0.25, -0.2) is 9.97 Å². The average molecular weight is 711 g/mol. The third-order valence-corrected chi connectivity index (χ3v) is 10.2. The van der Waals surface area contributed by atoms with Gasteiger partial charge in [-0.15, -0.1) is 0 Å². The number of alkyl halides is 2. The number of methoxy groups -OCH3 is 1. The molecule has 11 heteroatoms. The molecule has 7 rings (SSSR count). The van der Waals surface area contributed by atoms with Crippen LogP contribution in [-0.2, 0) is 22.7 Å². The lowest BCUT2D eigenvalue weighted by Gasteiger charge is -2.21. The third-order valence-electron chi connectivity index (χ3n) is 10.2. The van der Waals surface area contributed by atoms with Crippen LogP contribution in [0.15, 0.2) is 65.1 Å². The Hall–Kier alpha value is -4.87. The van der Waals surface area contributed by atoms with Gasteiger partial charge in [0.2, 0.25) is 11.8 Å². The number of pyridine rings is 1. The molecule has 0 bridgehead atoms. The minimum absolute atomic E-state index is 0.131. The van der Waals surface area contributed by atoms with Crippen LogP contribution in [0.1, 0.15) is 55.4 Å². The maximum atomic E-state index is 13.4. The summed E-state index contributed by atoms with van der Waals surface area (Å²) in [4.78, 5) is 24.7. The van der Waals surface area contributed by atoms with Gasteiger partial charge in [0, 0.05) is 41.4 Å². The van der Waals surface area contributed by atoms with Crippen molar-refractivity contribution in [3.05, 3.63) is 82.9 Å². The molecule has 3 aromatic carbocycles. The van der Waals surface area contributed by atoms with Crippen LogP contribution < -0.4 is 14.8 Å². The third kappa shape index (κ3) is 7.38. The summed E-state index contributed by atoms with van der Waals surface area (Å²) in [5, 5.41) is 3.08. The molecule has 52 heavy (non-hydrogen) atoms. The number of esters is 1. The highest BCUT2D eigenvalue weighted by atomic mass is 19.3. The maximum Gasteiger partial charge on any atom is 0.387 e. The minimum atomic E-state index is -3.07. The molecule has 272 valence electrons. The lowest BCUT2D eigenvalue weighted by Crippen LogP contribution is -2.32. The van der Waals surface area contributed by atoms with Crippen LogP contribution in [0, 0.1) is 19.3 Å². The Morgan fingerprint density at radius 2 is 1.73 bits per heavy atom. The van der Waals surface area contributed by atoms with E-state index in [1.807, 2.05) is 25.1 Å². The Kier molecular flexibility index (Phi) is 10.00. The molecular formula is C41H44F2N4O5. The van der Waals surface area contributed by atoms with Crippen molar-refractivity contribution in [2.24, 2.45) is 5.41 Å². The summed E-state index contributed by atoms with van der Waals surface area (Å²) in [6.07, 6.45) is 2.72. The summed E-state index contributed by atoms with van der Waals surface area (Å²) in [6.45, 7) is 9.05. The zero-order valence-corrected chi connectivity index (χ0v) is 30.2. The predicted octanol–water partition coefficient (Wildman–Crippen LogP) is 8.48. The molecule has 2 aliphatic rings. The molecular weight excluding hydrogens is 666 g/mol. The highest BCUT2D eigenvalue weighted by Crippen LogP contribution is 2.39. The molecule has 1 N–H and O–H groups in total. The van der Waals surface area contributed by atoms with Crippen molar-refractivity contribution in [2.75, 3.05) is 26.7 Å². The second-order valence-corrected chi connectivity index (χ2v) is 14.5. The molecule has 2 aliphatic heterocycles. The van der Waals surface area contributed by atoms with Crippen molar-refractivity contribution < 1.29 is 32.2 Å². The quantitative estimate of drug-likeness (QED) is 0.135. The number of nitrogens with one attached hydrogen (secondary N) is 1. The average Bonchev–Trinajstić information content (AvgIpc) is 3.88. The zero-order valence-electron chi connectivity index (χ0n) is 30.2. The molecule has 0 saturated carbocycles. The van der Waals surface area contributed by atoms with Gasteiger partial charge in [0.25, 0.3) is 0 Å². The van der Waals surface area contributed by atoms with E-state index in [1.165, 1.54) is 12.5 Å². The van der Waals surface area contributed by atoms with Crippen LogP contribution in [0.3, 0.4) is 0 Å². The Bertz CT molecular complexity index is 2110. The number of aromatic nitrogens is 2. The van der Waals surface area contributed by atoms with E-state index in [4.69, 9.17) is 28.6 Å². The number of fused-ring (bicyclic) bond motifs is 1. The highest BCUT2D eigenvalue weighted by molar-refractivity contribution is 5.84. The topological polar surface area (TPSA) is 99.0 Å². The molecule has 4 heterocycles. The minimum Gasteiger partial charge on any atom is -0.481 e. The van der Waals surface area contributed by atoms with E-state index in [0.29, 0.717) is 29.1 Å². The number of rotatable bonds is 11. The van der Waals surface area contributed by atoms with Gasteiger partial charge < -0.3 is 23.9 Å². The summed E-state index contributed by atoms with van der Waals surface area (Å²) in [5.41, 5.74) is 8.98. The highest BCUT2D eigenvalue weighted by Gasteiger charge is 2.30. The van der Waals surface area contributed by atoms with Gasteiger partial charge in [0.1, 0.15) is 23.9 Å². The molecule has 2 fully saturated rings. The van der Waals surface area contributed by atoms with Crippen molar-refractivity contribution in [2.45, 2.75) is 72.8 Å². The normalized spacial score (nSPS) is 17.3. The van der Waals surface area contributed by atoms with Crippen LogP contribution in [-0.4, -0.2) is 60.2 Å². The molecule has 2 aromatic heterocycles. The van der Waals surface area contributed by atoms with E-state index in [2.05, 4.69) is 61.3 Å². The maximum absolute atomic E-state index is 13.4. The first-order chi connectivity index (χ1) is 25.0. The van der Waals surface area contributed by atoms with Gasteiger partial charge in [-0.1, -0.05) is 50.2 Å². The number of carbonyl (C=O) groups is 1. The molecule has 5 aromatic rings. The fourth-order valence-corrected chi connectivity index (χ4v) is 7.45. The van der Waals surface area contributed by atoms with E-state index in [9.17, 15) is 13.6 Å². The SMILES string of the molecule is COc1nc(-c2cccc(-c3cccc(-c4nc5cc(COC(=O)[C@@H]6CCCN6)c(OC(F)F)cc5o4)c3C)c2C)ccc1CN1CCC(C)(C)C1. The molecule has 0 amide bonds. The molecule has 9 nitrogen and oxygen atoms in total. The van der Waals surface area contributed by atoms with Crippen molar-refractivity contribution in [3.8, 4) is 45.5 Å². The van der Waals surface area contributed by atoms with Gasteiger partial charge >= 0.3 is 12.6 Å². The molecule has 2 saturated heterocycles. The van der Waals surface area contributed by atoms with Crippen molar-refractivity contribution in [1.82, 2.24) is 20.2 Å². The molecule has 0 unspecified atom stereocenters. The Morgan fingerprint density at radius 3 is 2.40 bits per heavy atom. The molecule has 1 atom stereocenters. The monoisotopic (exact) mass is 710 g/mol. The summed E-state index contributed by atoms with van der Waals surface area (Å²) in [6, 6.07) is 18.8. The van der Waals surface area contributed by atoms with E-state index >= 15 is 0 Å². The number of hydrogen-bond donors (Lipinski definition) is 1. The number of benzene rings is 3. The van der Waals surface area contributed by atoms with Crippen LogP contribution in [0.5, 0.6) is 11.6 Å². The van der Waals surface area contributed by atoms with Gasteiger partial charge in [-0.2, -0.15) is 8.78 Å². The first-order valence-electron chi connectivity index (χ1n) is 17.7. The number of likely N-dealkylation sites (tertiary alicyclic amines) is 1. The first kappa shape index (κ1) is 35.5. The summed E-state index contributed by atoms with van der Waals surface area (Å²) in [7, 11) is 1.67. The van der Waals surface area contributed by atoms with E-state index in [-0.39, 0.29) is 23.5 Å². The molecule has 0 spiro atoms. The number of carbonyl (C=O) groups excluding carboxylic acids is 1. The fourth-order valence-electron chi connectivity index (χ4n) is 7.45. The van der Waals surface area contributed by atoms with E-state index in [1.54, 1.807) is 13.2 Å². The summed E-state index contributed by atoms with van der Waals surface area (Å²) < 4.78 is 49.0. The van der Waals surface area contributed by atoms with Crippen LogP contribution >= 0.6 is 0 Å². The Morgan fingerprint density at radius 1 is 1.00 bits per heavy atom. The number of halogens is 2. The number of oxazole rings is 1. The van der Waals surface area contributed by atoms with Gasteiger partial charge in [0.15, 0.2) is 5.58 Å². The molecule has 0 radical (unpaired) electrons. The Labute approximate surface area is 302 Å². The van der Waals surface area contributed by atoms with E-state index < -0.39 is 18.6 Å². The van der Waals surface area contributed by atoms with Gasteiger partial charge in [0.05, 0.1) is 12.8 Å². The second kappa shape index (κ2) is 14.6. The smallest absolute Gasteiger partial charge is 0.387 e. The lowest BCUT2D eigenvalue weighted by atomic mass is 9.90. The number of hydrogen-bond acceptors (Lipinski definition) is 9. The standard InChI is InChI=1S/C41H44F2N4O5/c1-24-28(9-6-11-30(24)32-15-14-26(37(45-32)49-5)21-47-18-16-41(3,4)23-47)29-10-7-12-31(25(29)2)38-46-34-19-27(22-50-39(48)33-13-8-17-44-33)35(52-40(42)43)20-36(34)51-38/h6-7,9-12,14-15,19-20,33,40,44H,8,13,16-18,21-23H2,1-5H3/t33-/m0/s1. The number of ether oxygens (including phenoxy) is 3. The summed E-state index contributed by atoms with van der Waals surface area (Å²) >= 11 is 0. The Balaban J connectivity index is 1.18. The van der Waals surface area contributed by atoms with Crippen LogP contribution in [0.2, 0.25) is 0 Å². The van der Waals surface area contributed by atoms with Crippen molar-refractivity contribution in [1.29, 1.82) is 0 Å². The van der Waals surface area contributed by atoms with Crippen molar-refractivity contribution in [3.63, 3.8) is 0 Å². The fraction of sp³-hybridized carbons (Fsp3) is 0.390. The van der Waals surface area contributed by atoms with Gasteiger partial charge in [-0.3, -0.25) is 9.69 Å². The van der Waals surface area contributed by atoms with Crippen LogP contribution in [0.25, 0.3) is 44.9 Å². The zero-order chi connectivity index (χ0) is 36.6. The lowest BCUT2D eigenvalue weighted by molar-refractivity contribution is -0.147. The first-order valence-corrected chi connectivity index (χ1v) is 17.7. The molecule has 0 aliphatic carbocycles.